The minimum Gasteiger partial charge on any atom is -0.481 e. The molecule has 0 spiro atoms. The molecule has 0 saturated heterocycles. The molecule has 0 aliphatic heterocycles. The Morgan fingerprint density at radius 1 is 1.08 bits per heavy atom. The van der Waals surface area contributed by atoms with Gasteiger partial charge in [0, 0.05) is 10.3 Å². The highest BCUT2D eigenvalue weighted by Crippen LogP contribution is 2.37. The van der Waals surface area contributed by atoms with Crippen LogP contribution in [-0.2, 0) is 0 Å². The highest BCUT2D eigenvalue weighted by Gasteiger charge is 2.19. The number of halogens is 2. The minimum absolute atomic E-state index is 0.0651. The van der Waals surface area contributed by atoms with E-state index in [9.17, 15) is 4.39 Å². The van der Waals surface area contributed by atoms with Crippen molar-refractivity contribution in [3.05, 3.63) is 70.8 Å². The number of ether oxygens (including phenoxy) is 1. The smallest absolute Gasteiger partial charge is 0.277 e. The maximum Gasteiger partial charge on any atom is 0.277 e. The molecule has 0 aliphatic carbocycles. The molecule has 0 unspecified atom stereocenters. The Balaban J connectivity index is 1.65. The molecule has 130 valence electrons. The van der Waals surface area contributed by atoms with Crippen LogP contribution in [0.1, 0.15) is 36.7 Å². The van der Waals surface area contributed by atoms with Crippen LogP contribution in [0, 0.1) is 5.82 Å². The minimum atomic E-state index is -0.442. The van der Waals surface area contributed by atoms with Crippen molar-refractivity contribution in [2.45, 2.75) is 30.4 Å². The Bertz CT molecular complexity index is 841. The molecule has 0 aliphatic rings. The molecular weight excluding hydrogens is 363 g/mol. The summed E-state index contributed by atoms with van der Waals surface area (Å²) in [5.74, 6) is 0.578. The molecule has 0 amide bonds. The Morgan fingerprint density at radius 3 is 2.52 bits per heavy atom. The largest absolute Gasteiger partial charge is 0.481 e. The predicted octanol–water partition coefficient (Wildman–Crippen LogP) is 5.86. The number of benzene rings is 2. The van der Waals surface area contributed by atoms with Crippen molar-refractivity contribution in [2.24, 2.45) is 0 Å². The van der Waals surface area contributed by atoms with Gasteiger partial charge < -0.3 is 9.15 Å². The van der Waals surface area contributed by atoms with Crippen LogP contribution < -0.4 is 4.74 Å². The van der Waals surface area contributed by atoms with Gasteiger partial charge in [-0.15, -0.1) is 10.2 Å². The summed E-state index contributed by atoms with van der Waals surface area (Å²) in [6.07, 6.45) is -0.442. The van der Waals surface area contributed by atoms with E-state index in [2.05, 4.69) is 10.2 Å². The van der Waals surface area contributed by atoms with Crippen molar-refractivity contribution >= 4 is 23.4 Å². The number of nitrogens with zero attached hydrogens (tertiary/aromatic N) is 2. The van der Waals surface area contributed by atoms with E-state index in [-0.39, 0.29) is 11.1 Å². The third-order valence-electron chi connectivity index (χ3n) is 3.52. The molecule has 4 nitrogen and oxygen atoms in total. The van der Waals surface area contributed by atoms with Gasteiger partial charge in [0.1, 0.15) is 11.6 Å². The number of aromatic nitrogens is 2. The van der Waals surface area contributed by atoms with Crippen molar-refractivity contribution in [2.75, 3.05) is 0 Å². The predicted molar refractivity (Wildman–Crippen MR) is 95.5 cm³/mol. The van der Waals surface area contributed by atoms with Crippen LogP contribution in [0.3, 0.4) is 0 Å². The van der Waals surface area contributed by atoms with Gasteiger partial charge in [-0.3, -0.25) is 0 Å². The van der Waals surface area contributed by atoms with Crippen LogP contribution in [0.25, 0.3) is 0 Å². The first kappa shape index (κ1) is 17.8. The summed E-state index contributed by atoms with van der Waals surface area (Å²) >= 11 is 7.64. The van der Waals surface area contributed by atoms with E-state index in [4.69, 9.17) is 20.8 Å². The van der Waals surface area contributed by atoms with Crippen LogP contribution in [0.2, 0.25) is 5.02 Å². The summed E-state index contributed by atoms with van der Waals surface area (Å²) in [4.78, 5) is 0. The van der Waals surface area contributed by atoms with Crippen molar-refractivity contribution in [3.8, 4) is 5.75 Å². The maximum absolute atomic E-state index is 12.9. The monoisotopic (exact) mass is 378 g/mol. The van der Waals surface area contributed by atoms with Crippen LogP contribution in [0.15, 0.2) is 58.2 Å². The standard InChI is InChI=1S/C18H16ClFN2O2S/c1-11(23-14-9-7-13(20)8-10-14)17-21-22-18(24-17)25-12(2)15-5-3-4-6-16(15)19/h3-12H,1-2H3/t11-,12-/m0/s1. The van der Waals surface area contributed by atoms with Gasteiger partial charge in [0.05, 0.1) is 0 Å². The fourth-order valence-corrected chi connectivity index (χ4v) is 3.44. The number of thioether (sulfide) groups is 1. The van der Waals surface area contributed by atoms with Crippen LogP contribution >= 0.6 is 23.4 Å². The molecule has 0 fully saturated rings. The first-order valence-corrected chi connectivity index (χ1v) is 8.95. The quantitative estimate of drug-likeness (QED) is 0.503. The van der Waals surface area contributed by atoms with Crippen LogP contribution in [-0.4, -0.2) is 10.2 Å². The Morgan fingerprint density at radius 2 is 1.80 bits per heavy atom. The average molecular weight is 379 g/mol. The van der Waals surface area contributed by atoms with Crippen molar-refractivity contribution in [3.63, 3.8) is 0 Å². The molecule has 2 aromatic carbocycles. The van der Waals surface area contributed by atoms with Gasteiger partial charge in [-0.1, -0.05) is 41.6 Å². The van der Waals surface area contributed by atoms with E-state index in [0.717, 1.165) is 5.56 Å². The fourth-order valence-electron chi connectivity index (χ4n) is 2.22. The van der Waals surface area contributed by atoms with Crippen LogP contribution in [0.4, 0.5) is 4.39 Å². The Kier molecular flexibility index (Phi) is 5.60. The van der Waals surface area contributed by atoms with E-state index >= 15 is 0 Å². The van der Waals surface area contributed by atoms with E-state index in [0.29, 0.717) is 21.9 Å². The second-order valence-electron chi connectivity index (χ2n) is 5.40. The van der Waals surface area contributed by atoms with Gasteiger partial charge in [0.15, 0.2) is 6.10 Å². The lowest BCUT2D eigenvalue weighted by atomic mass is 10.2. The topological polar surface area (TPSA) is 48.2 Å². The molecule has 25 heavy (non-hydrogen) atoms. The lowest BCUT2D eigenvalue weighted by molar-refractivity contribution is 0.181. The van der Waals surface area contributed by atoms with Gasteiger partial charge in [0.25, 0.3) is 11.1 Å². The number of rotatable bonds is 6. The van der Waals surface area contributed by atoms with Gasteiger partial charge in [-0.25, -0.2) is 4.39 Å². The summed E-state index contributed by atoms with van der Waals surface area (Å²) in [7, 11) is 0. The summed E-state index contributed by atoms with van der Waals surface area (Å²) < 4.78 is 24.3. The highest BCUT2D eigenvalue weighted by molar-refractivity contribution is 7.99. The average Bonchev–Trinajstić information content (AvgIpc) is 3.06. The van der Waals surface area contributed by atoms with Gasteiger partial charge >= 0.3 is 0 Å². The van der Waals surface area contributed by atoms with Crippen LogP contribution in [0.5, 0.6) is 5.75 Å². The zero-order valence-corrected chi connectivity index (χ0v) is 15.2. The molecule has 2 atom stereocenters. The summed E-state index contributed by atoms with van der Waals surface area (Å²) in [5.41, 5.74) is 1.00. The Labute approximate surface area is 154 Å². The lowest BCUT2D eigenvalue weighted by Gasteiger charge is -2.11. The van der Waals surface area contributed by atoms with E-state index in [1.165, 1.54) is 23.9 Å². The Hall–Kier alpha value is -2.05. The molecule has 0 N–H and O–H groups in total. The molecule has 7 heteroatoms. The maximum atomic E-state index is 12.9. The first-order chi connectivity index (χ1) is 12.0. The molecule has 1 aromatic heterocycles. The first-order valence-electron chi connectivity index (χ1n) is 7.69. The number of hydrogen-bond donors (Lipinski definition) is 0. The molecule has 0 bridgehead atoms. The highest BCUT2D eigenvalue weighted by atomic mass is 35.5. The lowest BCUT2D eigenvalue weighted by Crippen LogP contribution is -2.03. The molecular formula is C18H16ClFN2O2S. The third kappa shape index (κ3) is 4.52. The molecule has 1 heterocycles. The van der Waals surface area contributed by atoms with E-state index in [1.54, 1.807) is 19.1 Å². The summed E-state index contributed by atoms with van der Waals surface area (Å²) in [6.45, 7) is 3.82. The van der Waals surface area contributed by atoms with Gasteiger partial charge in [-0.2, -0.15) is 0 Å². The summed E-state index contributed by atoms with van der Waals surface area (Å²) in [6, 6.07) is 13.4. The van der Waals surface area contributed by atoms with E-state index in [1.807, 2.05) is 31.2 Å². The zero-order valence-electron chi connectivity index (χ0n) is 13.6. The van der Waals surface area contributed by atoms with Crippen molar-refractivity contribution < 1.29 is 13.5 Å². The van der Waals surface area contributed by atoms with Crippen molar-refractivity contribution in [1.82, 2.24) is 10.2 Å². The SMILES string of the molecule is C[C@H](Oc1ccc(F)cc1)c1nnc(S[C@@H](C)c2ccccc2Cl)o1. The normalized spacial score (nSPS) is 13.4. The third-order valence-corrected chi connectivity index (χ3v) is 4.84. The molecule has 3 aromatic rings. The van der Waals surface area contributed by atoms with Gasteiger partial charge in [0.2, 0.25) is 0 Å². The molecule has 0 radical (unpaired) electrons. The molecule has 3 rings (SSSR count). The zero-order chi connectivity index (χ0) is 17.8. The fraction of sp³-hybridized carbons (Fsp3) is 0.222. The number of hydrogen-bond acceptors (Lipinski definition) is 5. The van der Waals surface area contributed by atoms with E-state index < -0.39 is 6.10 Å². The second kappa shape index (κ2) is 7.89. The summed E-state index contributed by atoms with van der Waals surface area (Å²) in [5, 5.41) is 9.29. The molecule has 0 saturated carbocycles. The second-order valence-corrected chi connectivity index (χ2v) is 7.10. The van der Waals surface area contributed by atoms with Crippen molar-refractivity contribution in [1.29, 1.82) is 0 Å². The van der Waals surface area contributed by atoms with Gasteiger partial charge in [-0.05, 0) is 49.7 Å².